The third-order valence-corrected chi connectivity index (χ3v) is 3.33. The predicted molar refractivity (Wildman–Crippen MR) is 85.6 cm³/mol. The number of rotatable bonds is 10. The summed E-state index contributed by atoms with van der Waals surface area (Å²) in [4.78, 5) is 24.1. The Morgan fingerprint density at radius 2 is 1.82 bits per heavy atom. The topological polar surface area (TPSA) is 72.7 Å². The van der Waals surface area contributed by atoms with E-state index in [9.17, 15) is 14.9 Å². The molecule has 0 bridgehead atoms. The Hall–Kier alpha value is -1.37. The van der Waals surface area contributed by atoms with E-state index in [4.69, 9.17) is 27.9 Å². The molecule has 0 saturated heterocycles. The summed E-state index contributed by atoms with van der Waals surface area (Å²) in [7, 11) is 0. The fourth-order valence-corrected chi connectivity index (χ4v) is 2.39. The molecular formula is C14H18Cl2N2O4. The number of nitrogens with zero attached hydrogens (tertiary/aromatic N) is 2. The van der Waals surface area contributed by atoms with Crippen molar-refractivity contribution >= 4 is 34.9 Å². The second-order valence-electron chi connectivity index (χ2n) is 4.50. The van der Waals surface area contributed by atoms with E-state index < -0.39 is 10.9 Å². The summed E-state index contributed by atoms with van der Waals surface area (Å²) in [6.45, 7) is 2.06. The molecule has 0 fully saturated rings. The van der Waals surface area contributed by atoms with Gasteiger partial charge in [-0.15, -0.1) is 23.2 Å². The second-order valence-corrected chi connectivity index (χ2v) is 5.26. The number of hydrogen-bond acceptors (Lipinski definition) is 5. The van der Waals surface area contributed by atoms with Crippen LogP contribution in [0.3, 0.4) is 0 Å². The zero-order chi connectivity index (χ0) is 16.4. The lowest BCUT2D eigenvalue weighted by atomic mass is 10.1. The quantitative estimate of drug-likeness (QED) is 0.281. The predicted octanol–water partition coefficient (Wildman–Crippen LogP) is 2.46. The summed E-state index contributed by atoms with van der Waals surface area (Å²) in [5, 5.41) is 10.9. The molecule has 0 aromatic heterocycles. The lowest BCUT2D eigenvalue weighted by Gasteiger charge is -2.19. The first-order chi connectivity index (χ1) is 10.6. The van der Waals surface area contributed by atoms with Gasteiger partial charge < -0.3 is 4.74 Å². The highest BCUT2D eigenvalue weighted by atomic mass is 35.5. The van der Waals surface area contributed by atoms with Crippen LogP contribution in [-0.4, -0.2) is 53.8 Å². The normalized spacial score (nSPS) is 10.7. The van der Waals surface area contributed by atoms with Crippen LogP contribution in [0.1, 0.15) is 5.56 Å². The molecule has 1 aromatic carbocycles. The summed E-state index contributed by atoms with van der Waals surface area (Å²) < 4.78 is 5.11. The van der Waals surface area contributed by atoms with Gasteiger partial charge >= 0.3 is 5.97 Å². The van der Waals surface area contributed by atoms with Crippen LogP contribution in [-0.2, 0) is 16.0 Å². The van der Waals surface area contributed by atoms with E-state index >= 15 is 0 Å². The van der Waals surface area contributed by atoms with E-state index in [1.807, 2.05) is 4.90 Å². The Morgan fingerprint density at radius 1 is 1.18 bits per heavy atom. The van der Waals surface area contributed by atoms with Crippen molar-refractivity contribution in [1.82, 2.24) is 4.90 Å². The third kappa shape index (κ3) is 6.60. The van der Waals surface area contributed by atoms with Gasteiger partial charge in [0, 0.05) is 43.0 Å². The minimum Gasteiger partial charge on any atom is -0.464 e. The summed E-state index contributed by atoms with van der Waals surface area (Å²) in [5.74, 6) is 0.452. The van der Waals surface area contributed by atoms with Crippen molar-refractivity contribution in [3.8, 4) is 0 Å². The molecule has 22 heavy (non-hydrogen) atoms. The first kappa shape index (κ1) is 18.7. The average molecular weight is 349 g/mol. The number of esters is 1. The number of hydrogen-bond donors (Lipinski definition) is 0. The van der Waals surface area contributed by atoms with Gasteiger partial charge in [-0.3, -0.25) is 19.8 Å². The van der Waals surface area contributed by atoms with E-state index in [-0.39, 0.29) is 18.7 Å². The van der Waals surface area contributed by atoms with E-state index in [1.54, 1.807) is 18.2 Å². The van der Waals surface area contributed by atoms with Gasteiger partial charge in [0.15, 0.2) is 0 Å². The first-order valence-corrected chi connectivity index (χ1v) is 7.87. The standard InChI is InChI=1S/C14H18Cl2N2O4/c15-5-7-17(8-6-16)9-10-22-14(19)11-12-3-1-2-4-13(12)18(20)21/h1-4H,5-11H2. The maximum atomic E-state index is 11.8. The molecule has 1 rings (SSSR count). The van der Waals surface area contributed by atoms with Crippen LogP contribution in [0.4, 0.5) is 5.69 Å². The second kappa shape index (κ2) is 10.4. The van der Waals surface area contributed by atoms with Gasteiger partial charge in [-0.2, -0.15) is 0 Å². The Labute approximate surface area is 139 Å². The number of nitro groups is 1. The lowest BCUT2D eigenvalue weighted by Crippen LogP contribution is -2.32. The van der Waals surface area contributed by atoms with Crippen molar-refractivity contribution in [2.24, 2.45) is 0 Å². The van der Waals surface area contributed by atoms with Crippen LogP contribution in [0.15, 0.2) is 24.3 Å². The highest BCUT2D eigenvalue weighted by Crippen LogP contribution is 2.18. The molecule has 122 valence electrons. The Bertz CT molecular complexity index is 493. The van der Waals surface area contributed by atoms with Gasteiger partial charge in [0.2, 0.25) is 0 Å². The maximum absolute atomic E-state index is 11.8. The first-order valence-electron chi connectivity index (χ1n) is 6.80. The van der Waals surface area contributed by atoms with Gasteiger partial charge in [0.05, 0.1) is 11.3 Å². The van der Waals surface area contributed by atoms with E-state index in [0.29, 0.717) is 37.0 Å². The van der Waals surface area contributed by atoms with Crippen LogP contribution in [0, 0.1) is 10.1 Å². The van der Waals surface area contributed by atoms with E-state index in [0.717, 1.165) is 0 Å². The number of carbonyl (C=O) groups is 1. The van der Waals surface area contributed by atoms with Crippen LogP contribution in [0.5, 0.6) is 0 Å². The molecule has 0 unspecified atom stereocenters. The summed E-state index contributed by atoms with van der Waals surface area (Å²) in [5.41, 5.74) is 0.265. The van der Waals surface area contributed by atoms with Crippen LogP contribution < -0.4 is 0 Å². The monoisotopic (exact) mass is 348 g/mol. The summed E-state index contributed by atoms with van der Waals surface area (Å²) >= 11 is 11.3. The molecular weight excluding hydrogens is 331 g/mol. The molecule has 0 N–H and O–H groups in total. The van der Waals surface area contributed by atoms with Gasteiger partial charge in [-0.25, -0.2) is 0 Å². The van der Waals surface area contributed by atoms with Gasteiger partial charge in [0.25, 0.3) is 5.69 Å². The van der Waals surface area contributed by atoms with Crippen molar-refractivity contribution < 1.29 is 14.5 Å². The number of ether oxygens (including phenoxy) is 1. The molecule has 0 atom stereocenters. The van der Waals surface area contributed by atoms with Crippen molar-refractivity contribution in [3.63, 3.8) is 0 Å². The fraction of sp³-hybridized carbons (Fsp3) is 0.500. The van der Waals surface area contributed by atoms with Gasteiger partial charge in [-0.05, 0) is 0 Å². The van der Waals surface area contributed by atoms with Gasteiger partial charge in [0.1, 0.15) is 6.61 Å². The number of nitro benzene ring substituents is 1. The number of para-hydroxylation sites is 1. The number of benzene rings is 1. The lowest BCUT2D eigenvalue weighted by molar-refractivity contribution is -0.385. The van der Waals surface area contributed by atoms with E-state index in [1.165, 1.54) is 6.07 Å². The molecule has 0 aliphatic heterocycles. The minimum absolute atomic E-state index is 0.0784. The van der Waals surface area contributed by atoms with Crippen molar-refractivity contribution in [3.05, 3.63) is 39.9 Å². The van der Waals surface area contributed by atoms with Crippen LogP contribution in [0.25, 0.3) is 0 Å². The molecule has 0 heterocycles. The zero-order valence-corrected chi connectivity index (χ0v) is 13.6. The molecule has 0 amide bonds. The Balaban J connectivity index is 2.45. The average Bonchev–Trinajstić information content (AvgIpc) is 2.48. The van der Waals surface area contributed by atoms with Crippen LogP contribution in [0.2, 0.25) is 0 Å². The van der Waals surface area contributed by atoms with Crippen molar-refractivity contribution in [2.45, 2.75) is 6.42 Å². The highest BCUT2D eigenvalue weighted by molar-refractivity contribution is 6.18. The molecule has 6 nitrogen and oxygen atoms in total. The summed E-state index contributed by atoms with van der Waals surface area (Å²) in [6, 6.07) is 6.12. The molecule has 0 aliphatic rings. The largest absolute Gasteiger partial charge is 0.464 e. The van der Waals surface area contributed by atoms with Crippen molar-refractivity contribution in [2.75, 3.05) is 38.0 Å². The third-order valence-electron chi connectivity index (χ3n) is 3.00. The molecule has 0 saturated carbocycles. The Kier molecular flexibility index (Phi) is 8.81. The fourth-order valence-electron chi connectivity index (χ4n) is 1.91. The highest BCUT2D eigenvalue weighted by Gasteiger charge is 2.16. The molecule has 0 spiro atoms. The zero-order valence-electron chi connectivity index (χ0n) is 12.0. The molecule has 8 heteroatoms. The van der Waals surface area contributed by atoms with Crippen molar-refractivity contribution in [1.29, 1.82) is 0 Å². The minimum atomic E-state index is -0.509. The molecule has 0 aliphatic carbocycles. The van der Waals surface area contributed by atoms with Crippen LogP contribution >= 0.6 is 23.2 Å². The SMILES string of the molecule is O=C(Cc1ccccc1[N+](=O)[O-])OCCN(CCCl)CCCl. The summed E-state index contributed by atoms with van der Waals surface area (Å²) in [6.07, 6.45) is -0.123. The molecule has 1 aromatic rings. The number of alkyl halides is 2. The molecule has 0 radical (unpaired) electrons. The van der Waals surface area contributed by atoms with Gasteiger partial charge in [-0.1, -0.05) is 18.2 Å². The van der Waals surface area contributed by atoms with E-state index in [2.05, 4.69) is 0 Å². The maximum Gasteiger partial charge on any atom is 0.310 e. The Morgan fingerprint density at radius 3 is 2.41 bits per heavy atom. The number of carbonyl (C=O) groups excluding carboxylic acids is 1. The smallest absolute Gasteiger partial charge is 0.310 e. The number of halogens is 2.